The van der Waals surface area contributed by atoms with Gasteiger partial charge in [-0.2, -0.15) is 5.06 Å². The van der Waals surface area contributed by atoms with E-state index in [0.717, 1.165) is 23.5 Å². The number of hydroxylamine groups is 2. The second-order valence-corrected chi connectivity index (χ2v) is 7.63. The molecule has 8 nitrogen and oxygen atoms in total. The van der Waals surface area contributed by atoms with E-state index in [0.29, 0.717) is 11.3 Å². The zero-order valence-electron chi connectivity index (χ0n) is 17.0. The number of rotatable bonds is 5. The number of carbonyl (C=O) groups excluding carboxylic acids is 3. The van der Waals surface area contributed by atoms with Gasteiger partial charge in [-0.15, -0.1) is 0 Å². The number of hydrogen-bond acceptors (Lipinski definition) is 5. The molecule has 8 heteroatoms. The monoisotopic (exact) mass is 419 g/mol. The molecular formula is C23H21N3O5. The van der Waals surface area contributed by atoms with Crippen LogP contribution in [0.25, 0.3) is 4.85 Å². The lowest BCUT2D eigenvalue weighted by Gasteiger charge is -2.22. The van der Waals surface area contributed by atoms with E-state index in [-0.39, 0.29) is 13.1 Å². The number of hydrogen-bond donors (Lipinski definition) is 0. The highest BCUT2D eigenvalue weighted by molar-refractivity contribution is 5.91. The van der Waals surface area contributed by atoms with Gasteiger partial charge in [0, 0.05) is 31.0 Å². The minimum atomic E-state index is -0.665. The maximum Gasteiger partial charge on any atom is 0.414 e. The average Bonchev–Trinajstić information content (AvgIpc) is 3.50. The Balaban J connectivity index is 1.40. The summed E-state index contributed by atoms with van der Waals surface area (Å²) in [7, 11) is 0. The van der Waals surface area contributed by atoms with Crippen LogP contribution in [0, 0.1) is 6.57 Å². The summed E-state index contributed by atoms with van der Waals surface area (Å²) >= 11 is 0. The maximum atomic E-state index is 12.4. The highest BCUT2D eigenvalue weighted by Crippen LogP contribution is 2.49. The van der Waals surface area contributed by atoms with Crippen molar-refractivity contribution in [2.75, 3.05) is 18.0 Å². The number of cyclic esters (lactones) is 1. The van der Waals surface area contributed by atoms with Crippen LogP contribution in [0.1, 0.15) is 35.7 Å². The van der Waals surface area contributed by atoms with Gasteiger partial charge < -0.3 is 14.4 Å². The Bertz CT molecular complexity index is 1040. The average molecular weight is 419 g/mol. The van der Waals surface area contributed by atoms with Crippen molar-refractivity contribution in [3.8, 4) is 0 Å². The predicted molar refractivity (Wildman–Crippen MR) is 111 cm³/mol. The van der Waals surface area contributed by atoms with Gasteiger partial charge in [0.05, 0.1) is 18.7 Å². The molecule has 1 saturated carbocycles. The van der Waals surface area contributed by atoms with Gasteiger partial charge in [-0.3, -0.25) is 9.69 Å². The van der Waals surface area contributed by atoms with E-state index < -0.39 is 29.6 Å². The van der Waals surface area contributed by atoms with Crippen LogP contribution in [0.3, 0.4) is 0 Å². The zero-order valence-corrected chi connectivity index (χ0v) is 17.0. The van der Waals surface area contributed by atoms with Crippen LogP contribution < -0.4 is 4.90 Å². The molecule has 0 unspecified atom stereocenters. The molecule has 1 atom stereocenters. The SMILES string of the molecule is [C-]#[N+]C1(c2ccc(N3C[C@H](CN(OC(=O)c4ccccc4)C(C)=O)OC3=O)cc2)CC1. The van der Waals surface area contributed by atoms with Gasteiger partial charge in [-0.25, -0.2) is 16.2 Å². The Morgan fingerprint density at radius 1 is 1.19 bits per heavy atom. The fourth-order valence-corrected chi connectivity index (χ4v) is 3.50. The number of ether oxygens (including phenoxy) is 1. The summed E-state index contributed by atoms with van der Waals surface area (Å²) in [4.78, 5) is 47.0. The van der Waals surface area contributed by atoms with Crippen molar-refractivity contribution in [1.82, 2.24) is 5.06 Å². The molecule has 0 spiro atoms. The van der Waals surface area contributed by atoms with Crippen molar-refractivity contribution < 1.29 is 24.0 Å². The second-order valence-electron chi connectivity index (χ2n) is 7.63. The maximum absolute atomic E-state index is 12.4. The van der Waals surface area contributed by atoms with Crippen molar-refractivity contribution in [1.29, 1.82) is 0 Å². The molecular weight excluding hydrogens is 398 g/mol. The molecule has 2 aromatic carbocycles. The summed E-state index contributed by atoms with van der Waals surface area (Å²) in [6.45, 7) is 8.77. The minimum Gasteiger partial charge on any atom is -0.442 e. The van der Waals surface area contributed by atoms with Gasteiger partial charge in [0.2, 0.25) is 0 Å². The van der Waals surface area contributed by atoms with Crippen molar-refractivity contribution in [2.24, 2.45) is 0 Å². The first kappa shape index (κ1) is 20.4. The van der Waals surface area contributed by atoms with Gasteiger partial charge >= 0.3 is 12.1 Å². The number of nitrogens with zero attached hydrogens (tertiary/aromatic N) is 3. The van der Waals surface area contributed by atoms with Crippen LogP contribution in [-0.2, 0) is 19.9 Å². The predicted octanol–water partition coefficient (Wildman–Crippen LogP) is 3.54. The van der Waals surface area contributed by atoms with E-state index in [1.807, 2.05) is 12.1 Å². The number of benzene rings is 2. The first-order valence-electron chi connectivity index (χ1n) is 9.95. The number of carbonyl (C=O) groups is 3. The third-order valence-electron chi connectivity index (χ3n) is 5.45. The Morgan fingerprint density at radius 2 is 1.87 bits per heavy atom. The second kappa shape index (κ2) is 8.11. The van der Waals surface area contributed by atoms with Gasteiger partial charge in [0.25, 0.3) is 11.4 Å². The molecule has 1 aliphatic heterocycles. The molecule has 1 aliphatic carbocycles. The van der Waals surface area contributed by atoms with Crippen LogP contribution in [0.2, 0.25) is 0 Å². The molecule has 2 fully saturated rings. The fraction of sp³-hybridized carbons (Fsp3) is 0.304. The smallest absolute Gasteiger partial charge is 0.414 e. The molecule has 4 rings (SSSR count). The molecule has 2 aromatic rings. The topological polar surface area (TPSA) is 80.5 Å². The quantitative estimate of drug-likeness (QED) is 0.547. The highest BCUT2D eigenvalue weighted by Gasteiger charge is 2.52. The van der Waals surface area contributed by atoms with Gasteiger partial charge in [0.15, 0.2) is 0 Å². The lowest BCUT2D eigenvalue weighted by Crippen LogP contribution is -2.39. The van der Waals surface area contributed by atoms with E-state index in [9.17, 15) is 14.4 Å². The Morgan fingerprint density at radius 3 is 2.45 bits per heavy atom. The minimum absolute atomic E-state index is 0.0743. The number of anilines is 1. The normalized spacial score (nSPS) is 18.6. The summed E-state index contributed by atoms with van der Waals surface area (Å²) in [6, 6.07) is 15.6. The zero-order chi connectivity index (χ0) is 22.0. The molecule has 1 saturated heterocycles. The Labute approximate surface area is 179 Å². The Hall–Kier alpha value is -3.86. The molecule has 0 bridgehead atoms. The van der Waals surface area contributed by atoms with Crippen molar-refractivity contribution in [3.63, 3.8) is 0 Å². The van der Waals surface area contributed by atoms with Gasteiger partial charge in [-0.1, -0.05) is 18.2 Å². The lowest BCUT2D eigenvalue weighted by molar-refractivity contribution is -0.169. The van der Waals surface area contributed by atoms with E-state index >= 15 is 0 Å². The van der Waals surface area contributed by atoms with Crippen molar-refractivity contribution >= 4 is 23.7 Å². The molecule has 2 amide bonds. The third-order valence-corrected chi connectivity index (χ3v) is 5.45. The lowest BCUT2D eigenvalue weighted by atomic mass is 10.1. The summed E-state index contributed by atoms with van der Waals surface area (Å²) in [6.07, 6.45) is 0.512. The fourth-order valence-electron chi connectivity index (χ4n) is 3.50. The van der Waals surface area contributed by atoms with Crippen LogP contribution >= 0.6 is 0 Å². The largest absolute Gasteiger partial charge is 0.442 e. The molecule has 31 heavy (non-hydrogen) atoms. The standard InChI is InChI=1S/C23H21N3O5/c1-16(27)26(31-21(28)17-6-4-3-5-7-17)15-20-14-25(22(29)30-20)19-10-8-18(9-11-19)23(24-2)12-13-23/h3-11,20H,12-15H2,1H3/t20-/m1/s1. The van der Waals surface area contributed by atoms with Crippen LogP contribution in [0.15, 0.2) is 54.6 Å². The summed E-state index contributed by atoms with van der Waals surface area (Å²) in [5.41, 5.74) is 1.50. The van der Waals surface area contributed by atoms with Crippen molar-refractivity contribution in [3.05, 3.63) is 77.1 Å². The summed E-state index contributed by atoms with van der Waals surface area (Å²) in [5, 5.41) is 0.909. The van der Waals surface area contributed by atoms with Crippen LogP contribution in [0.4, 0.5) is 10.5 Å². The molecule has 2 aliphatic rings. The first-order valence-corrected chi connectivity index (χ1v) is 9.95. The van der Waals surface area contributed by atoms with E-state index in [2.05, 4.69) is 4.85 Å². The van der Waals surface area contributed by atoms with E-state index in [4.69, 9.17) is 16.1 Å². The van der Waals surface area contributed by atoms with E-state index in [1.54, 1.807) is 42.5 Å². The van der Waals surface area contributed by atoms with Gasteiger partial charge in [-0.05, 0) is 36.4 Å². The van der Waals surface area contributed by atoms with E-state index in [1.165, 1.54) is 11.8 Å². The highest BCUT2D eigenvalue weighted by atomic mass is 16.7. The van der Waals surface area contributed by atoms with Crippen molar-refractivity contribution in [2.45, 2.75) is 31.4 Å². The summed E-state index contributed by atoms with van der Waals surface area (Å²) in [5.74, 6) is -1.14. The summed E-state index contributed by atoms with van der Waals surface area (Å²) < 4.78 is 5.38. The van der Waals surface area contributed by atoms with Crippen LogP contribution in [0.5, 0.6) is 0 Å². The number of amides is 2. The molecule has 158 valence electrons. The molecule has 0 aromatic heterocycles. The molecule has 1 heterocycles. The Kier molecular flexibility index (Phi) is 5.34. The molecule has 0 radical (unpaired) electrons. The third kappa shape index (κ3) is 4.21. The molecule has 0 N–H and O–H groups in total. The van der Waals surface area contributed by atoms with Crippen LogP contribution in [-0.4, -0.2) is 42.2 Å². The van der Waals surface area contributed by atoms with Gasteiger partial charge in [0.1, 0.15) is 6.10 Å². The first-order chi connectivity index (χ1) is 14.9.